The van der Waals surface area contributed by atoms with Gasteiger partial charge in [-0.25, -0.2) is 4.79 Å². The van der Waals surface area contributed by atoms with E-state index < -0.39 is 6.04 Å². The van der Waals surface area contributed by atoms with Crippen LogP contribution in [0.25, 0.3) is 5.69 Å². The average molecular weight is 410 g/mol. The summed E-state index contributed by atoms with van der Waals surface area (Å²) < 4.78 is 6.66. The first kappa shape index (κ1) is 19.6. The first-order valence-electron chi connectivity index (χ1n) is 8.73. The van der Waals surface area contributed by atoms with Crippen molar-refractivity contribution in [3.8, 4) is 5.69 Å². The number of piperidine rings is 1. The van der Waals surface area contributed by atoms with Crippen molar-refractivity contribution in [2.24, 2.45) is 0 Å². The lowest BCUT2D eigenvalue weighted by molar-refractivity contribution is -0.155. The molecule has 1 fully saturated rings. The van der Waals surface area contributed by atoms with Crippen LogP contribution in [-0.4, -0.2) is 61.9 Å². The molecule has 144 valence electrons. The summed E-state index contributed by atoms with van der Waals surface area (Å²) in [7, 11) is 0. The first-order chi connectivity index (χ1) is 13.1. The summed E-state index contributed by atoms with van der Waals surface area (Å²) in [5.41, 5.74) is 0.752. The molecule has 0 N–H and O–H groups in total. The molecule has 1 amide bonds. The van der Waals surface area contributed by atoms with Crippen LogP contribution in [0.15, 0.2) is 29.4 Å². The van der Waals surface area contributed by atoms with E-state index in [9.17, 15) is 9.59 Å². The second-order valence-electron chi connectivity index (χ2n) is 5.99. The topological polar surface area (TPSA) is 90.2 Å². The Hall–Kier alpha value is -2.13. The Kier molecular flexibility index (Phi) is 6.68. The number of esters is 1. The molecule has 1 aromatic carbocycles. The third-order valence-corrected chi connectivity index (χ3v) is 5.37. The molecule has 2 heterocycles. The molecule has 1 aliphatic rings. The van der Waals surface area contributed by atoms with Crippen molar-refractivity contribution in [1.29, 1.82) is 0 Å². The third kappa shape index (κ3) is 4.78. The fourth-order valence-corrected chi connectivity index (χ4v) is 3.84. The highest BCUT2D eigenvalue weighted by molar-refractivity contribution is 7.99. The van der Waals surface area contributed by atoms with Crippen LogP contribution < -0.4 is 0 Å². The third-order valence-electron chi connectivity index (χ3n) is 4.22. The minimum atomic E-state index is -0.501. The normalized spacial score (nSPS) is 17.0. The zero-order chi connectivity index (χ0) is 19.2. The van der Waals surface area contributed by atoms with Crippen molar-refractivity contribution in [3.63, 3.8) is 0 Å². The monoisotopic (exact) mass is 409 g/mol. The van der Waals surface area contributed by atoms with Crippen LogP contribution in [0.5, 0.6) is 0 Å². The van der Waals surface area contributed by atoms with Gasteiger partial charge >= 0.3 is 5.97 Å². The molecule has 27 heavy (non-hydrogen) atoms. The number of hydrogen-bond acceptors (Lipinski definition) is 7. The standard InChI is InChI=1S/C17H20ClN5O3S/c1-2-26-16(25)14-5-3-4-10-22(14)15(24)11-27-17-19-20-21-23(17)13-8-6-12(18)7-9-13/h6-9,14H,2-5,10-11H2,1H3/t14-/m1/s1. The molecule has 10 heteroatoms. The van der Waals surface area contributed by atoms with Gasteiger partial charge in [-0.1, -0.05) is 23.4 Å². The first-order valence-corrected chi connectivity index (χ1v) is 10.1. The maximum Gasteiger partial charge on any atom is 0.328 e. The van der Waals surface area contributed by atoms with Gasteiger partial charge in [-0.3, -0.25) is 4.79 Å². The molecular formula is C17H20ClN5O3S. The molecule has 1 aromatic heterocycles. The number of carbonyl (C=O) groups excluding carboxylic acids is 2. The number of nitrogens with zero attached hydrogens (tertiary/aromatic N) is 5. The van der Waals surface area contributed by atoms with E-state index in [4.69, 9.17) is 16.3 Å². The Bertz CT molecular complexity index is 798. The van der Waals surface area contributed by atoms with Gasteiger partial charge in [0.05, 0.1) is 18.0 Å². The summed E-state index contributed by atoms with van der Waals surface area (Å²) in [4.78, 5) is 26.5. The molecule has 0 bridgehead atoms. The fourth-order valence-electron chi connectivity index (χ4n) is 2.94. The van der Waals surface area contributed by atoms with Crippen LogP contribution in [0.1, 0.15) is 26.2 Å². The van der Waals surface area contributed by atoms with Gasteiger partial charge in [-0.2, -0.15) is 4.68 Å². The van der Waals surface area contributed by atoms with E-state index in [2.05, 4.69) is 15.5 Å². The maximum atomic E-state index is 12.7. The van der Waals surface area contributed by atoms with Crippen LogP contribution in [0.4, 0.5) is 0 Å². The lowest BCUT2D eigenvalue weighted by Crippen LogP contribution is -2.49. The minimum absolute atomic E-state index is 0.122. The maximum absolute atomic E-state index is 12.7. The number of hydrogen-bond donors (Lipinski definition) is 0. The highest BCUT2D eigenvalue weighted by Gasteiger charge is 2.33. The van der Waals surface area contributed by atoms with E-state index in [1.165, 1.54) is 11.8 Å². The summed E-state index contributed by atoms with van der Waals surface area (Å²) >= 11 is 7.14. The number of thioether (sulfide) groups is 1. The van der Waals surface area contributed by atoms with Gasteiger partial charge in [0.1, 0.15) is 6.04 Å². The zero-order valence-electron chi connectivity index (χ0n) is 14.9. The summed E-state index contributed by atoms with van der Waals surface area (Å²) in [5, 5.41) is 12.8. The van der Waals surface area contributed by atoms with Gasteiger partial charge in [-0.15, -0.1) is 5.10 Å². The molecule has 1 atom stereocenters. The van der Waals surface area contributed by atoms with Crippen molar-refractivity contribution >= 4 is 35.2 Å². The molecule has 0 radical (unpaired) electrons. The Balaban J connectivity index is 1.66. The SMILES string of the molecule is CCOC(=O)[C@H]1CCCCN1C(=O)CSc1nnnn1-c1ccc(Cl)cc1. The Morgan fingerprint density at radius 1 is 1.30 bits per heavy atom. The number of likely N-dealkylation sites (tertiary alicyclic amines) is 1. The zero-order valence-corrected chi connectivity index (χ0v) is 16.4. The van der Waals surface area contributed by atoms with Gasteiger partial charge in [0.15, 0.2) is 0 Å². The molecule has 0 saturated carbocycles. The van der Waals surface area contributed by atoms with E-state index in [-0.39, 0.29) is 17.6 Å². The highest BCUT2D eigenvalue weighted by atomic mass is 35.5. The number of amides is 1. The van der Waals surface area contributed by atoms with E-state index in [0.29, 0.717) is 29.8 Å². The second-order valence-corrected chi connectivity index (χ2v) is 7.37. The average Bonchev–Trinajstić information content (AvgIpc) is 3.15. The summed E-state index contributed by atoms with van der Waals surface area (Å²) in [6.45, 7) is 2.63. The molecule has 0 unspecified atom stereocenters. The van der Waals surface area contributed by atoms with Crippen LogP contribution in [0.2, 0.25) is 5.02 Å². The van der Waals surface area contributed by atoms with Crippen molar-refractivity contribution in [2.75, 3.05) is 18.9 Å². The lowest BCUT2D eigenvalue weighted by atomic mass is 10.0. The fraction of sp³-hybridized carbons (Fsp3) is 0.471. The Labute approximate surface area is 166 Å². The van der Waals surface area contributed by atoms with E-state index in [0.717, 1.165) is 18.5 Å². The molecule has 0 spiro atoms. The number of rotatable bonds is 6. The van der Waals surface area contributed by atoms with Crippen molar-refractivity contribution in [1.82, 2.24) is 25.1 Å². The highest BCUT2D eigenvalue weighted by Crippen LogP contribution is 2.23. The van der Waals surface area contributed by atoms with Crippen molar-refractivity contribution < 1.29 is 14.3 Å². The number of carbonyl (C=O) groups is 2. The molecule has 0 aliphatic carbocycles. The Morgan fingerprint density at radius 3 is 2.81 bits per heavy atom. The number of tetrazole rings is 1. The van der Waals surface area contributed by atoms with E-state index in [1.54, 1.807) is 40.8 Å². The van der Waals surface area contributed by atoms with Crippen molar-refractivity contribution in [3.05, 3.63) is 29.3 Å². The molecule has 3 rings (SSSR count). The molecular weight excluding hydrogens is 390 g/mol. The van der Waals surface area contributed by atoms with Crippen LogP contribution in [0, 0.1) is 0 Å². The number of ether oxygens (including phenoxy) is 1. The van der Waals surface area contributed by atoms with Gasteiger partial charge < -0.3 is 9.64 Å². The summed E-state index contributed by atoms with van der Waals surface area (Å²) in [6.07, 6.45) is 2.43. The molecule has 1 saturated heterocycles. The van der Waals surface area contributed by atoms with Crippen molar-refractivity contribution in [2.45, 2.75) is 37.4 Å². The molecule has 1 aliphatic heterocycles. The van der Waals surface area contributed by atoms with Gasteiger partial charge in [-0.05, 0) is 60.9 Å². The second kappa shape index (κ2) is 9.18. The van der Waals surface area contributed by atoms with Gasteiger partial charge in [0.2, 0.25) is 11.1 Å². The van der Waals surface area contributed by atoms with E-state index in [1.807, 2.05) is 0 Å². The molecule has 2 aromatic rings. The number of halogens is 1. The predicted octanol–water partition coefficient (Wildman–Crippen LogP) is 2.35. The number of benzene rings is 1. The smallest absolute Gasteiger partial charge is 0.328 e. The van der Waals surface area contributed by atoms with E-state index >= 15 is 0 Å². The van der Waals surface area contributed by atoms with Crippen LogP contribution >= 0.6 is 23.4 Å². The van der Waals surface area contributed by atoms with Gasteiger partial charge in [0.25, 0.3) is 0 Å². The Morgan fingerprint density at radius 2 is 2.07 bits per heavy atom. The van der Waals surface area contributed by atoms with Crippen LogP contribution in [-0.2, 0) is 14.3 Å². The lowest BCUT2D eigenvalue weighted by Gasteiger charge is -2.33. The summed E-state index contributed by atoms with van der Waals surface area (Å²) in [5.74, 6) is -0.311. The van der Waals surface area contributed by atoms with Crippen LogP contribution in [0.3, 0.4) is 0 Å². The summed E-state index contributed by atoms with van der Waals surface area (Å²) in [6, 6.07) is 6.59. The molecule has 8 nitrogen and oxygen atoms in total. The largest absolute Gasteiger partial charge is 0.464 e. The predicted molar refractivity (Wildman–Crippen MR) is 101 cm³/mol. The minimum Gasteiger partial charge on any atom is -0.464 e. The quantitative estimate of drug-likeness (QED) is 0.534. The van der Waals surface area contributed by atoms with Gasteiger partial charge in [0, 0.05) is 11.6 Å². The number of aromatic nitrogens is 4.